The van der Waals surface area contributed by atoms with Crippen LogP contribution in [0, 0.1) is 0 Å². The van der Waals surface area contributed by atoms with Gasteiger partial charge in [0.05, 0.1) is 13.7 Å². The van der Waals surface area contributed by atoms with Crippen molar-refractivity contribution in [3.63, 3.8) is 0 Å². The summed E-state index contributed by atoms with van der Waals surface area (Å²) >= 11 is 0. The predicted octanol–water partition coefficient (Wildman–Crippen LogP) is 4.20. The van der Waals surface area contributed by atoms with Crippen LogP contribution in [0.1, 0.15) is 44.7 Å². The molecule has 0 aromatic heterocycles. The van der Waals surface area contributed by atoms with E-state index >= 15 is 0 Å². The van der Waals surface area contributed by atoms with Gasteiger partial charge in [-0.1, -0.05) is 36.4 Å². The molecule has 0 atom stereocenters. The van der Waals surface area contributed by atoms with Crippen molar-refractivity contribution in [3.05, 3.63) is 59.7 Å². The van der Waals surface area contributed by atoms with Gasteiger partial charge in [0.25, 0.3) is 0 Å². The first kappa shape index (κ1) is 23.9. The third kappa shape index (κ3) is 7.16. The monoisotopic (exact) mass is 438 g/mol. The van der Waals surface area contributed by atoms with Gasteiger partial charge in [-0.25, -0.2) is 4.99 Å². The average Bonchev–Trinajstić information content (AvgIpc) is 2.82. The van der Waals surface area contributed by atoms with Crippen LogP contribution in [0.4, 0.5) is 0 Å². The van der Waals surface area contributed by atoms with E-state index in [1.54, 1.807) is 7.11 Å². The Kier molecular flexibility index (Phi) is 9.23. The first-order valence-corrected chi connectivity index (χ1v) is 11.7. The molecule has 2 aromatic carbocycles. The number of ether oxygens (including phenoxy) is 2. The van der Waals surface area contributed by atoms with Gasteiger partial charge in [-0.3, -0.25) is 0 Å². The second-order valence-electron chi connectivity index (χ2n) is 8.50. The van der Waals surface area contributed by atoms with Gasteiger partial charge in [0.1, 0.15) is 6.61 Å². The van der Waals surface area contributed by atoms with Crippen molar-refractivity contribution in [3.8, 4) is 11.5 Å². The molecule has 1 saturated heterocycles. The minimum Gasteiger partial charge on any atom is -0.493 e. The van der Waals surface area contributed by atoms with Crippen LogP contribution < -0.4 is 20.1 Å². The van der Waals surface area contributed by atoms with Gasteiger partial charge >= 0.3 is 0 Å². The zero-order valence-electron chi connectivity index (χ0n) is 19.9. The Labute approximate surface area is 193 Å². The van der Waals surface area contributed by atoms with Gasteiger partial charge in [-0.15, -0.1) is 0 Å². The first-order chi connectivity index (χ1) is 15.6. The molecule has 0 saturated carbocycles. The number of guanidine groups is 1. The van der Waals surface area contributed by atoms with Crippen LogP contribution in [0.3, 0.4) is 0 Å². The molecular weight excluding hydrogens is 400 g/mol. The fourth-order valence-corrected chi connectivity index (χ4v) is 3.91. The van der Waals surface area contributed by atoms with Crippen LogP contribution in [0.15, 0.2) is 53.5 Å². The normalized spacial score (nSPS) is 15.6. The summed E-state index contributed by atoms with van der Waals surface area (Å²) in [5, 5.41) is 7.00. The number of nitrogens with zero attached hydrogens (tertiary/aromatic N) is 2. The summed E-state index contributed by atoms with van der Waals surface area (Å²) in [6, 6.07) is 17.2. The van der Waals surface area contributed by atoms with Crippen molar-refractivity contribution < 1.29 is 9.47 Å². The van der Waals surface area contributed by atoms with E-state index in [9.17, 15) is 0 Å². The van der Waals surface area contributed by atoms with Crippen molar-refractivity contribution in [2.45, 2.75) is 58.8 Å². The van der Waals surface area contributed by atoms with Crippen LogP contribution in [-0.4, -0.2) is 49.7 Å². The lowest BCUT2D eigenvalue weighted by Gasteiger charge is -2.35. The molecule has 2 N–H and O–H groups in total. The summed E-state index contributed by atoms with van der Waals surface area (Å²) in [5.41, 5.74) is 2.21. The fourth-order valence-electron chi connectivity index (χ4n) is 3.91. The average molecular weight is 439 g/mol. The summed E-state index contributed by atoms with van der Waals surface area (Å²) in [5.74, 6) is 2.34. The van der Waals surface area contributed by atoms with Gasteiger partial charge in [0, 0.05) is 31.7 Å². The van der Waals surface area contributed by atoms with E-state index in [1.165, 1.54) is 0 Å². The lowest BCUT2D eigenvalue weighted by Crippen LogP contribution is -2.49. The molecule has 0 radical (unpaired) electrons. The molecule has 1 fully saturated rings. The molecule has 0 spiro atoms. The second kappa shape index (κ2) is 12.3. The SMILES string of the molecule is CCNC(=NCc1ccc(OCc2ccccc2)c(OC)c1)NC1CCN(C(C)C)CC1. The lowest BCUT2D eigenvalue weighted by atomic mass is 10.0. The summed E-state index contributed by atoms with van der Waals surface area (Å²) in [4.78, 5) is 7.35. The van der Waals surface area contributed by atoms with Crippen LogP contribution in [-0.2, 0) is 13.2 Å². The van der Waals surface area contributed by atoms with Crippen LogP contribution in [0.2, 0.25) is 0 Å². The largest absolute Gasteiger partial charge is 0.493 e. The number of methoxy groups -OCH3 is 1. The van der Waals surface area contributed by atoms with E-state index in [0.717, 1.165) is 61.1 Å². The van der Waals surface area contributed by atoms with E-state index in [1.807, 2.05) is 30.3 Å². The highest BCUT2D eigenvalue weighted by molar-refractivity contribution is 5.80. The molecule has 0 amide bonds. The molecule has 6 heteroatoms. The highest BCUT2D eigenvalue weighted by Crippen LogP contribution is 2.29. The van der Waals surface area contributed by atoms with Gasteiger partial charge in [0.2, 0.25) is 0 Å². The summed E-state index contributed by atoms with van der Waals surface area (Å²) in [6.45, 7) is 10.8. The minimum absolute atomic E-state index is 0.464. The number of likely N-dealkylation sites (tertiary alicyclic amines) is 1. The summed E-state index contributed by atoms with van der Waals surface area (Å²) in [7, 11) is 1.67. The maximum Gasteiger partial charge on any atom is 0.191 e. The van der Waals surface area contributed by atoms with Crippen molar-refractivity contribution in [1.82, 2.24) is 15.5 Å². The second-order valence-corrected chi connectivity index (χ2v) is 8.50. The van der Waals surface area contributed by atoms with Crippen molar-refractivity contribution in [2.75, 3.05) is 26.7 Å². The van der Waals surface area contributed by atoms with Crippen molar-refractivity contribution in [2.24, 2.45) is 4.99 Å². The third-order valence-corrected chi connectivity index (χ3v) is 5.83. The standard InChI is InChI=1S/C26H38N4O2/c1-5-27-26(29-23-13-15-30(16-14-23)20(2)3)28-18-22-11-12-24(25(17-22)31-4)32-19-21-9-7-6-8-10-21/h6-12,17,20,23H,5,13-16,18-19H2,1-4H3,(H2,27,28,29). The van der Waals surface area contributed by atoms with E-state index in [2.05, 4.69) is 54.5 Å². The number of hydrogen-bond acceptors (Lipinski definition) is 4. The van der Waals surface area contributed by atoms with Crippen molar-refractivity contribution in [1.29, 1.82) is 0 Å². The van der Waals surface area contributed by atoms with Gasteiger partial charge in [-0.05, 0) is 56.9 Å². The van der Waals surface area contributed by atoms with Crippen molar-refractivity contribution >= 4 is 5.96 Å². The van der Waals surface area contributed by atoms with Gasteiger partial charge in [0.15, 0.2) is 17.5 Å². The highest BCUT2D eigenvalue weighted by atomic mass is 16.5. The first-order valence-electron chi connectivity index (χ1n) is 11.7. The number of rotatable bonds is 9. The molecule has 6 nitrogen and oxygen atoms in total. The highest BCUT2D eigenvalue weighted by Gasteiger charge is 2.21. The number of hydrogen-bond donors (Lipinski definition) is 2. The molecule has 0 bridgehead atoms. The quantitative estimate of drug-likeness (QED) is 0.454. The minimum atomic E-state index is 0.464. The molecular formula is C26H38N4O2. The molecule has 0 aliphatic carbocycles. The molecule has 2 aromatic rings. The Bertz CT molecular complexity index is 846. The zero-order valence-corrected chi connectivity index (χ0v) is 19.9. The smallest absolute Gasteiger partial charge is 0.191 e. The third-order valence-electron chi connectivity index (χ3n) is 5.83. The lowest BCUT2D eigenvalue weighted by molar-refractivity contribution is 0.167. The maximum absolute atomic E-state index is 5.97. The zero-order chi connectivity index (χ0) is 22.8. The molecule has 174 valence electrons. The van der Waals surface area contributed by atoms with Crippen LogP contribution >= 0.6 is 0 Å². The maximum atomic E-state index is 5.97. The Morgan fingerprint density at radius 2 is 1.81 bits per heavy atom. The van der Waals surface area contributed by atoms with E-state index < -0.39 is 0 Å². The molecule has 1 heterocycles. The molecule has 1 aliphatic rings. The van der Waals surface area contributed by atoms with Crippen LogP contribution in [0.5, 0.6) is 11.5 Å². The molecule has 32 heavy (non-hydrogen) atoms. The van der Waals surface area contributed by atoms with E-state index in [0.29, 0.717) is 25.2 Å². The number of aliphatic imine (C=N–C) groups is 1. The number of benzene rings is 2. The van der Waals surface area contributed by atoms with Gasteiger partial charge < -0.3 is 25.0 Å². The van der Waals surface area contributed by atoms with Gasteiger partial charge in [-0.2, -0.15) is 0 Å². The number of piperidine rings is 1. The topological polar surface area (TPSA) is 58.1 Å². The number of nitrogens with one attached hydrogen (secondary N) is 2. The summed E-state index contributed by atoms with van der Waals surface area (Å²) < 4.78 is 11.5. The Morgan fingerprint density at radius 1 is 1.06 bits per heavy atom. The Morgan fingerprint density at radius 3 is 2.47 bits per heavy atom. The predicted molar refractivity (Wildman–Crippen MR) is 131 cm³/mol. The molecule has 3 rings (SSSR count). The molecule has 0 unspecified atom stereocenters. The molecule has 1 aliphatic heterocycles. The summed E-state index contributed by atoms with van der Waals surface area (Å²) in [6.07, 6.45) is 2.29. The van der Waals surface area contributed by atoms with Crippen LogP contribution in [0.25, 0.3) is 0 Å². The van der Waals surface area contributed by atoms with E-state index in [-0.39, 0.29) is 0 Å². The Balaban J connectivity index is 1.58. The van der Waals surface area contributed by atoms with E-state index in [4.69, 9.17) is 14.5 Å². The fraction of sp³-hybridized carbons (Fsp3) is 0.500. The Hall–Kier alpha value is -2.73.